The predicted molar refractivity (Wildman–Crippen MR) is 117 cm³/mol. The molecule has 0 fully saturated rings. The minimum absolute atomic E-state index is 0.0588. The van der Waals surface area contributed by atoms with Gasteiger partial charge in [-0.2, -0.15) is 0 Å². The van der Waals surface area contributed by atoms with Crippen molar-refractivity contribution in [2.75, 3.05) is 24.3 Å². The van der Waals surface area contributed by atoms with E-state index in [0.717, 1.165) is 21.0 Å². The van der Waals surface area contributed by atoms with Gasteiger partial charge >= 0.3 is 6.03 Å². The van der Waals surface area contributed by atoms with Gasteiger partial charge in [-0.05, 0) is 35.9 Å². The number of carbonyl (C=O) groups is 2. The molecule has 0 unspecified atom stereocenters. The van der Waals surface area contributed by atoms with Crippen molar-refractivity contribution in [3.8, 4) is 0 Å². The van der Waals surface area contributed by atoms with Crippen molar-refractivity contribution in [1.82, 2.24) is 4.90 Å². The van der Waals surface area contributed by atoms with Crippen LogP contribution in [0.25, 0.3) is 0 Å². The Bertz CT molecular complexity index is 1070. The maximum absolute atomic E-state index is 12.9. The number of benzene rings is 3. The van der Waals surface area contributed by atoms with Crippen molar-refractivity contribution < 1.29 is 9.59 Å². The van der Waals surface area contributed by atoms with Crippen molar-refractivity contribution in [2.45, 2.75) is 16.3 Å². The van der Waals surface area contributed by atoms with Crippen LogP contribution in [0.3, 0.4) is 0 Å². The fraction of sp³-hybridized carbons (Fsp3) is 0.130. The van der Waals surface area contributed by atoms with E-state index in [0.29, 0.717) is 17.8 Å². The minimum Gasteiger partial charge on any atom is -0.323 e. The summed E-state index contributed by atoms with van der Waals surface area (Å²) in [6, 6.07) is 22.9. The van der Waals surface area contributed by atoms with E-state index in [9.17, 15) is 9.59 Å². The van der Waals surface area contributed by atoms with Gasteiger partial charge in [0.05, 0.1) is 11.3 Å². The summed E-state index contributed by atoms with van der Waals surface area (Å²) in [6.07, 6.45) is 0. The molecule has 0 atom stereocenters. The Morgan fingerprint density at radius 3 is 2.52 bits per heavy atom. The average Bonchev–Trinajstić information content (AvgIpc) is 2.84. The van der Waals surface area contributed by atoms with Gasteiger partial charge in [0.2, 0.25) is 0 Å². The molecule has 0 saturated carbocycles. The van der Waals surface area contributed by atoms with Gasteiger partial charge < -0.3 is 15.1 Å². The van der Waals surface area contributed by atoms with Gasteiger partial charge in [-0.25, -0.2) is 4.79 Å². The summed E-state index contributed by atoms with van der Waals surface area (Å²) in [7, 11) is 3.52. The molecule has 4 rings (SSSR count). The second-order valence-electron chi connectivity index (χ2n) is 6.92. The van der Waals surface area contributed by atoms with Crippen LogP contribution in [0, 0.1) is 0 Å². The molecule has 1 heterocycles. The van der Waals surface area contributed by atoms with Crippen LogP contribution in [0.4, 0.5) is 16.2 Å². The molecule has 0 saturated heterocycles. The summed E-state index contributed by atoms with van der Waals surface area (Å²) < 4.78 is 0. The lowest BCUT2D eigenvalue weighted by Crippen LogP contribution is -2.31. The average molecular weight is 404 g/mol. The summed E-state index contributed by atoms with van der Waals surface area (Å²) in [5.74, 6) is -0.0588. The summed E-state index contributed by atoms with van der Waals surface area (Å²) in [6.45, 7) is 0.515. The van der Waals surface area contributed by atoms with Crippen molar-refractivity contribution in [1.29, 1.82) is 0 Å². The molecule has 1 aliphatic heterocycles. The van der Waals surface area contributed by atoms with Crippen molar-refractivity contribution in [3.63, 3.8) is 0 Å². The molecule has 1 N–H and O–H groups in total. The first-order valence-electron chi connectivity index (χ1n) is 9.28. The molecule has 0 aromatic heterocycles. The number of hydrogen-bond acceptors (Lipinski definition) is 3. The number of nitrogens with one attached hydrogen (secondary N) is 1. The van der Waals surface area contributed by atoms with E-state index in [2.05, 4.69) is 5.32 Å². The molecule has 0 radical (unpaired) electrons. The highest BCUT2D eigenvalue weighted by molar-refractivity contribution is 7.99. The molecule has 0 spiro atoms. The smallest absolute Gasteiger partial charge is 0.321 e. The van der Waals surface area contributed by atoms with Crippen LogP contribution in [0.1, 0.15) is 15.9 Å². The lowest BCUT2D eigenvalue weighted by atomic mass is 10.2. The zero-order valence-electron chi connectivity index (χ0n) is 16.3. The van der Waals surface area contributed by atoms with E-state index in [4.69, 9.17) is 0 Å². The Morgan fingerprint density at radius 2 is 1.72 bits per heavy atom. The zero-order chi connectivity index (χ0) is 20.4. The molecule has 3 aromatic rings. The number of carbonyl (C=O) groups excluding carboxylic acids is 2. The monoisotopic (exact) mass is 403 g/mol. The van der Waals surface area contributed by atoms with Crippen LogP contribution in [-0.2, 0) is 6.54 Å². The van der Waals surface area contributed by atoms with E-state index in [1.54, 1.807) is 35.7 Å². The number of urea groups is 1. The standard InChI is InChI=1S/C23H21N3O2S/c1-25(15-16-8-4-3-5-9-16)23(28)24-17-12-13-21-19(14-17)26(2)22(27)18-10-6-7-11-20(18)29-21/h3-14H,15H2,1-2H3,(H,24,28). The van der Waals surface area contributed by atoms with Crippen LogP contribution >= 0.6 is 11.8 Å². The van der Waals surface area contributed by atoms with E-state index in [1.807, 2.05) is 72.8 Å². The molecule has 6 heteroatoms. The van der Waals surface area contributed by atoms with Gasteiger partial charge in [0, 0.05) is 36.1 Å². The zero-order valence-corrected chi connectivity index (χ0v) is 17.1. The molecular formula is C23H21N3O2S. The Morgan fingerprint density at radius 1 is 1.00 bits per heavy atom. The van der Waals surface area contributed by atoms with Gasteiger partial charge in [-0.1, -0.05) is 54.2 Å². The number of fused-ring (bicyclic) bond motifs is 2. The first-order valence-corrected chi connectivity index (χ1v) is 10.1. The highest BCUT2D eigenvalue weighted by atomic mass is 32.2. The third-order valence-corrected chi connectivity index (χ3v) is 5.96. The summed E-state index contributed by atoms with van der Waals surface area (Å²) in [5, 5.41) is 2.93. The predicted octanol–water partition coefficient (Wildman–Crippen LogP) is 5.09. The van der Waals surface area contributed by atoms with Crippen molar-refractivity contribution in [3.05, 3.63) is 83.9 Å². The fourth-order valence-electron chi connectivity index (χ4n) is 3.23. The Labute approximate surface area is 174 Å². The molecule has 5 nitrogen and oxygen atoms in total. The number of nitrogens with zero attached hydrogens (tertiary/aromatic N) is 2. The minimum atomic E-state index is -0.202. The van der Waals surface area contributed by atoms with E-state index in [1.165, 1.54) is 0 Å². The normalized spacial score (nSPS) is 12.6. The van der Waals surface area contributed by atoms with E-state index >= 15 is 0 Å². The van der Waals surface area contributed by atoms with Crippen LogP contribution in [0.2, 0.25) is 0 Å². The third kappa shape index (κ3) is 3.98. The second-order valence-corrected chi connectivity index (χ2v) is 8.00. The van der Waals surface area contributed by atoms with Crippen LogP contribution in [0.15, 0.2) is 82.6 Å². The number of amides is 3. The Hall–Kier alpha value is -3.25. The van der Waals surface area contributed by atoms with E-state index < -0.39 is 0 Å². The maximum Gasteiger partial charge on any atom is 0.321 e. The molecule has 0 aliphatic carbocycles. The molecule has 0 bridgehead atoms. The van der Waals surface area contributed by atoms with Gasteiger partial charge in [0.1, 0.15) is 0 Å². The molecule has 1 aliphatic rings. The summed E-state index contributed by atoms with van der Waals surface area (Å²) in [5.41, 5.74) is 3.18. The van der Waals surface area contributed by atoms with Crippen LogP contribution in [0.5, 0.6) is 0 Å². The Kier molecular flexibility index (Phi) is 5.27. The molecule has 3 amide bonds. The lowest BCUT2D eigenvalue weighted by molar-refractivity contribution is 0.0990. The Balaban J connectivity index is 1.54. The van der Waals surface area contributed by atoms with Crippen molar-refractivity contribution >= 4 is 35.1 Å². The third-order valence-electron chi connectivity index (χ3n) is 4.82. The summed E-state index contributed by atoms with van der Waals surface area (Å²) in [4.78, 5) is 30.6. The van der Waals surface area contributed by atoms with Gasteiger partial charge in [-0.3, -0.25) is 4.79 Å². The lowest BCUT2D eigenvalue weighted by Gasteiger charge is -2.21. The summed E-state index contributed by atoms with van der Waals surface area (Å²) >= 11 is 1.56. The molecular weight excluding hydrogens is 382 g/mol. The fourth-order valence-corrected chi connectivity index (χ4v) is 4.32. The molecule has 29 heavy (non-hydrogen) atoms. The maximum atomic E-state index is 12.9. The first-order chi connectivity index (χ1) is 14.0. The second kappa shape index (κ2) is 8.01. The number of rotatable bonds is 3. The first kappa shape index (κ1) is 19.1. The topological polar surface area (TPSA) is 52.7 Å². The number of hydrogen-bond donors (Lipinski definition) is 1. The van der Waals surface area contributed by atoms with Gasteiger partial charge in [0.25, 0.3) is 5.91 Å². The highest BCUT2D eigenvalue weighted by Gasteiger charge is 2.25. The van der Waals surface area contributed by atoms with Crippen molar-refractivity contribution in [2.24, 2.45) is 0 Å². The SMILES string of the molecule is CN(Cc1ccccc1)C(=O)Nc1ccc2c(c1)N(C)C(=O)c1ccccc1S2. The van der Waals surface area contributed by atoms with Gasteiger partial charge in [-0.15, -0.1) is 0 Å². The molecule has 3 aromatic carbocycles. The van der Waals surface area contributed by atoms with Crippen LogP contribution in [-0.4, -0.2) is 30.9 Å². The number of anilines is 2. The quantitative estimate of drug-likeness (QED) is 0.663. The highest BCUT2D eigenvalue weighted by Crippen LogP contribution is 2.41. The van der Waals surface area contributed by atoms with E-state index in [-0.39, 0.29) is 11.9 Å². The van der Waals surface area contributed by atoms with Crippen LogP contribution < -0.4 is 10.2 Å². The largest absolute Gasteiger partial charge is 0.323 e. The molecule has 146 valence electrons. The van der Waals surface area contributed by atoms with Gasteiger partial charge in [0.15, 0.2) is 0 Å².